The van der Waals surface area contributed by atoms with Crippen molar-refractivity contribution in [2.75, 3.05) is 13.1 Å². The van der Waals surface area contributed by atoms with E-state index in [1.807, 2.05) is 26.0 Å². The number of carbonyl (C=O) groups is 2. The van der Waals surface area contributed by atoms with Crippen LogP contribution in [0.15, 0.2) is 35.1 Å². The maximum absolute atomic E-state index is 12.7. The average Bonchev–Trinajstić information content (AvgIpc) is 2.69. The Balaban J connectivity index is 1.72. The van der Waals surface area contributed by atoms with Gasteiger partial charge in [0.1, 0.15) is 5.56 Å². The van der Waals surface area contributed by atoms with E-state index in [1.54, 1.807) is 0 Å². The van der Waals surface area contributed by atoms with Crippen molar-refractivity contribution in [2.45, 2.75) is 53.6 Å². The summed E-state index contributed by atoms with van der Waals surface area (Å²) in [6, 6.07) is 9.53. The zero-order chi connectivity index (χ0) is 21.9. The number of hydrogen-bond acceptors (Lipinski definition) is 4. The number of H-pyrrole nitrogens is 1. The summed E-state index contributed by atoms with van der Waals surface area (Å²) < 4.78 is 0. The van der Waals surface area contributed by atoms with Gasteiger partial charge < -0.3 is 10.3 Å². The summed E-state index contributed by atoms with van der Waals surface area (Å²) in [6.07, 6.45) is 1.02. The number of amides is 1. The summed E-state index contributed by atoms with van der Waals surface area (Å²) in [4.78, 5) is 42.7. The van der Waals surface area contributed by atoms with Gasteiger partial charge >= 0.3 is 0 Å². The van der Waals surface area contributed by atoms with E-state index in [4.69, 9.17) is 0 Å². The van der Waals surface area contributed by atoms with Crippen LogP contribution in [0.3, 0.4) is 0 Å². The topological polar surface area (TPSA) is 82.3 Å². The average molecular weight is 410 g/mol. The number of Topliss-reactive ketones (excluding diaryl/α,β-unsaturated/α-hetero) is 1. The van der Waals surface area contributed by atoms with Gasteiger partial charge in [-0.1, -0.05) is 52.0 Å². The standard InChI is InChI=1S/C24H31N3O3/c1-5-27(6-2)15-17-9-7-8-16(10-17)14-25-22(29)19-11-18-20(26-23(19)30)12-24(3,4)13-21(18)28/h7-11H,5-6,12-15H2,1-4H3,(H,25,29)(H,26,30). The second-order valence-electron chi connectivity index (χ2n) is 8.81. The van der Waals surface area contributed by atoms with Gasteiger partial charge in [0.25, 0.3) is 11.5 Å². The lowest BCUT2D eigenvalue weighted by Crippen LogP contribution is -2.34. The highest BCUT2D eigenvalue weighted by molar-refractivity contribution is 6.02. The molecule has 30 heavy (non-hydrogen) atoms. The van der Waals surface area contributed by atoms with Crippen molar-refractivity contribution in [3.63, 3.8) is 0 Å². The molecule has 160 valence electrons. The quantitative estimate of drug-likeness (QED) is 0.735. The number of aromatic nitrogens is 1. The van der Waals surface area contributed by atoms with E-state index in [-0.39, 0.29) is 16.8 Å². The molecule has 2 aromatic rings. The molecule has 6 heteroatoms. The molecule has 1 aromatic heterocycles. The Morgan fingerprint density at radius 3 is 2.50 bits per heavy atom. The molecule has 0 saturated heterocycles. The second-order valence-corrected chi connectivity index (χ2v) is 8.81. The molecule has 0 unspecified atom stereocenters. The lowest BCUT2D eigenvalue weighted by atomic mass is 9.75. The first-order chi connectivity index (χ1) is 14.2. The first-order valence-corrected chi connectivity index (χ1v) is 10.6. The molecule has 1 aliphatic carbocycles. The van der Waals surface area contributed by atoms with Crippen LogP contribution in [0.4, 0.5) is 0 Å². The first-order valence-electron chi connectivity index (χ1n) is 10.6. The largest absolute Gasteiger partial charge is 0.348 e. The fraction of sp³-hybridized carbons (Fsp3) is 0.458. The van der Waals surface area contributed by atoms with Crippen LogP contribution >= 0.6 is 0 Å². The van der Waals surface area contributed by atoms with E-state index in [0.717, 1.165) is 25.2 Å². The van der Waals surface area contributed by atoms with E-state index in [0.29, 0.717) is 30.6 Å². The smallest absolute Gasteiger partial charge is 0.261 e. The number of pyridine rings is 1. The van der Waals surface area contributed by atoms with E-state index in [2.05, 4.69) is 41.2 Å². The number of nitrogens with one attached hydrogen (secondary N) is 2. The second kappa shape index (κ2) is 8.96. The molecule has 0 fully saturated rings. The minimum atomic E-state index is -0.467. The van der Waals surface area contributed by atoms with Crippen LogP contribution in [0, 0.1) is 5.41 Å². The Labute approximate surface area is 177 Å². The van der Waals surface area contributed by atoms with E-state index in [9.17, 15) is 14.4 Å². The summed E-state index contributed by atoms with van der Waals surface area (Å²) in [5, 5.41) is 2.82. The molecular weight excluding hydrogens is 378 g/mol. The van der Waals surface area contributed by atoms with Crippen LogP contribution in [-0.2, 0) is 19.5 Å². The van der Waals surface area contributed by atoms with E-state index < -0.39 is 11.5 Å². The van der Waals surface area contributed by atoms with Gasteiger partial charge in [0.05, 0.1) is 0 Å². The number of ketones is 1. The normalized spacial score (nSPS) is 15.2. The molecule has 1 aliphatic rings. The van der Waals surface area contributed by atoms with Crippen molar-refractivity contribution >= 4 is 11.7 Å². The predicted molar refractivity (Wildman–Crippen MR) is 118 cm³/mol. The van der Waals surface area contributed by atoms with Gasteiger partial charge in [0.2, 0.25) is 0 Å². The fourth-order valence-electron chi connectivity index (χ4n) is 4.02. The van der Waals surface area contributed by atoms with Crippen LogP contribution in [0.2, 0.25) is 0 Å². The molecule has 0 saturated carbocycles. The zero-order valence-corrected chi connectivity index (χ0v) is 18.3. The lowest BCUT2D eigenvalue weighted by molar-refractivity contribution is 0.0910. The highest BCUT2D eigenvalue weighted by Crippen LogP contribution is 2.33. The number of nitrogens with zero attached hydrogens (tertiary/aromatic N) is 1. The zero-order valence-electron chi connectivity index (χ0n) is 18.3. The molecular formula is C24H31N3O3. The fourth-order valence-corrected chi connectivity index (χ4v) is 4.02. The molecule has 2 N–H and O–H groups in total. The predicted octanol–water partition coefficient (Wildman–Crippen LogP) is 3.30. The number of fused-ring (bicyclic) bond motifs is 1. The highest BCUT2D eigenvalue weighted by Gasteiger charge is 2.32. The Morgan fingerprint density at radius 2 is 1.80 bits per heavy atom. The highest BCUT2D eigenvalue weighted by atomic mass is 16.2. The van der Waals surface area contributed by atoms with Crippen LogP contribution in [0.1, 0.15) is 71.7 Å². The van der Waals surface area contributed by atoms with Crippen LogP contribution in [0.25, 0.3) is 0 Å². The van der Waals surface area contributed by atoms with Gasteiger partial charge in [0, 0.05) is 30.8 Å². The van der Waals surface area contributed by atoms with Gasteiger partial charge in [-0.2, -0.15) is 0 Å². The minimum Gasteiger partial charge on any atom is -0.348 e. The molecule has 1 aromatic carbocycles. The number of carbonyl (C=O) groups excluding carboxylic acids is 2. The van der Waals surface area contributed by atoms with E-state index in [1.165, 1.54) is 11.6 Å². The molecule has 6 nitrogen and oxygen atoms in total. The monoisotopic (exact) mass is 409 g/mol. The van der Waals surface area contributed by atoms with Crippen LogP contribution < -0.4 is 10.9 Å². The molecule has 0 aliphatic heterocycles. The summed E-state index contributed by atoms with van der Waals surface area (Å²) in [5.74, 6) is -0.499. The van der Waals surface area contributed by atoms with Crippen molar-refractivity contribution in [1.29, 1.82) is 0 Å². The summed E-state index contributed by atoms with van der Waals surface area (Å²) in [5.41, 5.74) is 2.59. The van der Waals surface area contributed by atoms with Crippen molar-refractivity contribution in [1.82, 2.24) is 15.2 Å². The van der Waals surface area contributed by atoms with Crippen molar-refractivity contribution < 1.29 is 9.59 Å². The maximum atomic E-state index is 12.7. The number of hydrogen-bond donors (Lipinski definition) is 2. The Bertz CT molecular complexity index is 1000. The Morgan fingerprint density at radius 1 is 1.10 bits per heavy atom. The summed E-state index contributed by atoms with van der Waals surface area (Å²) in [6.45, 7) is 11.4. The molecule has 0 spiro atoms. The maximum Gasteiger partial charge on any atom is 0.261 e. The summed E-state index contributed by atoms with van der Waals surface area (Å²) >= 11 is 0. The Kier molecular flexibility index (Phi) is 6.56. The molecule has 1 heterocycles. The number of benzene rings is 1. The third-order valence-corrected chi connectivity index (χ3v) is 5.71. The van der Waals surface area contributed by atoms with Crippen molar-refractivity contribution in [3.05, 3.63) is 68.6 Å². The van der Waals surface area contributed by atoms with Gasteiger partial charge in [0.15, 0.2) is 5.78 Å². The van der Waals surface area contributed by atoms with Crippen molar-refractivity contribution in [2.24, 2.45) is 5.41 Å². The molecule has 3 rings (SSSR count). The van der Waals surface area contributed by atoms with Crippen LogP contribution in [-0.4, -0.2) is 34.7 Å². The number of rotatable bonds is 7. The minimum absolute atomic E-state index is 0.0129. The third-order valence-electron chi connectivity index (χ3n) is 5.71. The van der Waals surface area contributed by atoms with Gasteiger partial charge in [-0.05, 0) is 42.1 Å². The molecule has 0 atom stereocenters. The number of aromatic amines is 1. The van der Waals surface area contributed by atoms with Gasteiger partial charge in [-0.3, -0.25) is 19.3 Å². The molecule has 1 amide bonds. The first kappa shape index (κ1) is 22.0. The third kappa shape index (κ3) is 5.05. The van der Waals surface area contributed by atoms with Crippen molar-refractivity contribution in [3.8, 4) is 0 Å². The lowest BCUT2D eigenvalue weighted by Gasteiger charge is -2.29. The molecule has 0 bridgehead atoms. The molecule has 0 radical (unpaired) electrons. The van der Waals surface area contributed by atoms with Gasteiger partial charge in [-0.15, -0.1) is 0 Å². The Hall–Kier alpha value is -2.73. The SMILES string of the molecule is CCN(CC)Cc1cccc(CNC(=O)c2cc3c([nH]c2=O)CC(C)(C)CC3=O)c1. The van der Waals surface area contributed by atoms with E-state index >= 15 is 0 Å². The summed E-state index contributed by atoms with van der Waals surface area (Å²) in [7, 11) is 0. The van der Waals surface area contributed by atoms with Gasteiger partial charge in [-0.25, -0.2) is 0 Å². The van der Waals surface area contributed by atoms with Crippen LogP contribution in [0.5, 0.6) is 0 Å².